The zero-order valence-corrected chi connectivity index (χ0v) is 43.5. The van der Waals surface area contributed by atoms with Crippen molar-refractivity contribution in [3.63, 3.8) is 0 Å². The highest BCUT2D eigenvalue weighted by Gasteiger charge is 2.40. The van der Waals surface area contributed by atoms with Crippen molar-refractivity contribution < 1.29 is 33.4 Å². The third-order valence-electron chi connectivity index (χ3n) is 13.3. The number of aryl methyl sites for hydroxylation is 2. The molecule has 3 fully saturated rings. The number of amides is 4. The predicted molar refractivity (Wildman–Crippen MR) is 279 cm³/mol. The van der Waals surface area contributed by atoms with Gasteiger partial charge in [0.2, 0.25) is 23.5 Å². The molecule has 4 amide bonds. The number of likely N-dealkylation sites (N-methyl/N-ethyl adjacent to an activating group) is 1. The van der Waals surface area contributed by atoms with Crippen LogP contribution in [0.25, 0.3) is 0 Å². The molecular formula is C51H62ClN11O7S2. The zero-order valence-electron chi connectivity index (χ0n) is 41.1. The highest BCUT2D eigenvalue weighted by atomic mass is 35.5. The standard InChI is InChI=1S/C51H62ClN11O7S2/c1-31-12-8-17-37(52)44(31)59-48(67)40-28-54-51(72-40)58-41-27-42(56-33(3)55-41)61-20-22-62(23-21-61)43(64)29-69-24-11-25-70-36-16-9-15-35(26-36)46(65)38-30-71-49(57-38)39-18-10-19-63(39)50(68)45(34-13-6-5-7-14-34)60-47(66)32(2)53-4/h8-9,12,15-17,26-28,30,32,34,39,45,53H,5-7,10-11,13-14,18-25,29H2,1-4H3,(H,59,67)(H,60,66)(H,54,55,56,58)/t32-,39-,45-/m0/s1. The molecule has 18 nitrogen and oxygen atoms in total. The van der Waals surface area contributed by atoms with Crippen molar-refractivity contribution in [2.24, 2.45) is 5.92 Å². The van der Waals surface area contributed by atoms with E-state index in [2.05, 4.69) is 41.1 Å². The SMILES string of the molecule is CN[C@@H](C)C(=O)N[C@H](C(=O)N1CCC[C@H]1c1nc(C(=O)c2cccc(OCCCOCC(=O)N3CCN(c4cc(Nc5ncc(C(=O)Nc6c(C)cccc6Cl)s5)nc(C)n4)CC3)c2)cs1)C1CCCCC1. The van der Waals surface area contributed by atoms with Crippen LogP contribution in [-0.4, -0.2) is 131 Å². The van der Waals surface area contributed by atoms with Crippen LogP contribution < -0.4 is 30.9 Å². The molecule has 0 bridgehead atoms. The molecule has 2 aliphatic heterocycles. The lowest BCUT2D eigenvalue weighted by Gasteiger charge is -2.35. The lowest BCUT2D eigenvalue weighted by atomic mass is 9.83. The number of benzene rings is 2. The van der Waals surface area contributed by atoms with E-state index >= 15 is 0 Å². The first kappa shape index (κ1) is 52.3. The molecule has 2 aromatic carbocycles. The number of carbonyl (C=O) groups is 5. The molecule has 0 spiro atoms. The molecule has 0 unspecified atom stereocenters. The summed E-state index contributed by atoms with van der Waals surface area (Å²) in [7, 11) is 1.73. The molecule has 2 saturated heterocycles. The van der Waals surface area contributed by atoms with Gasteiger partial charge in [-0.2, -0.15) is 0 Å². The number of rotatable bonds is 20. The van der Waals surface area contributed by atoms with E-state index in [9.17, 15) is 24.0 Å². The topological polar surface area (TPSA) is 213 Å². The summed E-state index contributed by atoms with van der Waals surface area (Å²) < 4.78 is 11.7. The van der Waals surface area contributed by atoms with E-state index in [-0.39, 0.29) is 48.0 Å². The fourth-order valence-electron chi connectivity index (χ4n) is 9.22. The summed E-state index contributed by atoms with van der Waals surface area (Å²) in [5.74, 6) is 1.53. The smallest absolute Gasteiger partial charge is 0.267 e. The van der Waals surface area contributed by atoms with Crippen LogP contribution in [0, 0.1) is 19.8 Å². The van der Waals surface area contributed by atoms with Crippen LogP contribution >= 0.6 is 34.3 Å². The second kappa shape index (κ2) is 24.6. The van der Waals surface area contributed by atoms with E-state index in [1.807, 2.05) is 36.9 Å². The second-order valence-electron chi connectivity index (χ2n) is 18.3. The van der Waals surface area contributed by atoms with Crippen molar-refractivity contribution in [2.45, 2.75) is 90.3 Å². The summed E-state index contributed by atoms with van der Waals surface area (Å²) in [5.41, 5.74) is 2.17. The molecule has 3 aromatic heterocycles. The Balaban J connectivity index is 0.755. The van der Waals surface area contributed by atoms with Gasteiger partial charge in [0.25, 0.3) is 5.91 Å². The fraction of sp³-hybridized carbons (Fsp3) is 0.471. The van der Waals surface area contributed by atoms with E-state index in [4.69, 9.17) is 26.1 Å². The van der Waals surface area contributed by atoms with Gasteiger partial charge in [0.05, 0.1) is 42.2 Å². The van der Waals surface area contributed by atoms with Gasteiger partial charge in [-0.05, 0) is 83.2 Å². The molecule has 1 aliphatic carbocycles. The van der Waals surface area contributed by atoms with Crippen molar-refractivity contribution in [1.82, 2.24) is 40.4 Å². The van der Waals surface area contributed by atoms with Gasteiger partial charge in [0, 0.05) is 56.2 Å². The summed E-state index contributed by atoms with van der Waals surface area (Å²) in [6, 6.07) is 13.0. The molecule has 382 valence electrons. The van der Waals surface area contributed by atoms with Crippen LogP contribution in [0.5, 0.6) is 5.75 Å². The molecule has 21 heteroatoms. The first-order chi connectivity index (χ1) is 34.8. The average molecular weight is 1040 g/mol. The Labute approximate surface area is 432 Å². The number of ether oxygens (including phenoxy) is 2. The Hall–Kier alpha value is -6.06. The second-order valence-corrected chi connectivity index (χ2v) is 20.7. The minimum atomic E-state index is -0.593. The Morgan fingerprint density at radius 2 is 1.69 bits per heavy atom. The minimum Gasteiger partial charge on any atom is -0.493 e. The highest BCUT2D eigenvalue weighted by Crippen LogP contribution is 2.37. The van der Waals surface area contributed by atoms with Gasteiger partial charge in [-0.15, -0.1) is 11.3 Å². The third kappa shape index (κ3) is 13.1. The van der Waals surface area contributed by atoms with E-state index < -0.39 is 12.1 Å². The van der Waals surface area contributed by atoms with Crippen LogP contribution in [0.1, 0.15) is 106 Å². The van der Waals surface area contributed by atoms with Crippen LogP contribution in [0.4, 0.5) is 22.5 Å². The molecule has 3 aliphatic rings. The number of nitrogens with zero attached hydrogens (tertiary/aromatic N) is 7. The van der Waals surface area contributed by atoms with E-state index in [0.29, 0.717) is 113 Å². The number of hydrogen-bond donors (Lipinski definition) is 4. The summed E-state index contributed by atoms with van der Waals surface area (Å²) in [6.07, 6.45) is 8.63. The van der Waals surface area contributed by atoms with Gasteiger partial charge in [-0.3, -0.25) is 24.0 Å². The van der Waals surface area contributed by atoms with Crippen molar-refractivity contribution in [2.75, 3.05) is 75.1 Å². The molecule has 8 rings (SSSR count). The van der Waals surface area contributed by atoms with E-state index in [1.165, 1.54) is 28.9 Å². The number of ketones is 1. The highest BCUT2D eigenvalue weighted by molar-refractivity contribution is 7.17. The molecule has 3 atom stereocenters. The van der Waals surface area contributed by atoms with Crippen LogP contribution in [-0.2, 0) is 19.1 Å². The van der Waals surface area contributed by atoms with Crippen LogP contribution in [0.2, 0.25) is 5.02 Å². The average Bonchev–Trinajstić information content (AvgIpc) is 4.20. The van der Waals surface area contributed by atoms with Crippen LogP contribution in [0.15, 0.2) is 60.1 Å². The number of nitrogens with one attached hydrogen (secondary N) is 4. The summed E-state index contributed by atoms with van der Waals surface area (Å²) in [6.45, 7) is 8.79. The van der Waals surface area contributed by atoms with Crippen molar-refractivity contribution in [3.8, 4) is 5.75 Å². The van der Waals surface area contributed by atoms with Crippen LogP contribution in [0.3, 0.4) is 0 Å². The molecule has 72 heavy (non-hydrogen) atoms. The minimum absolute atomic E-state index is 0.0491. The Morgan fingerprint density at radius 1 is 0.903 bits per heavy atom. The number of aromatic nitrogens is 4. The number of thiazole rings is 2. The number of piperazine rings is 1. The van der Waals surface area contributed by atoms with Crippen molar-refractivity contribution >= 4 is 86.1 Å². The molecular weight excluding hydrogens is 978 g/mol. The Kier molecular flexibility index (Phi) is 17.8. The van der Waals surface area contributed by atoms with E-state index in [1.54, 1.807) is 54.6 Å². The first-order valence-electron chi connectivity index (χ1n) is 24.6. The van der Waals surface area contributed by atoms with Crippen molar-refractivity contribution in [3.05, 3.63) is 97.7 Å². The number of anilines is 4. The van der Waals surface area contributed by atoms with Gasteiger partial charge in [0.1, 0.15) is 51.4 Å². The zero-order chi connectivity index (χ0) is 50.7. The fourth-order valence-corrected chi connectivity index (χ4v) is 11.2. The maximum absolute atomic E-state index is 14.2. The lowest BCUT2D eigenvalue weighted by molar-refractivity contribution is -0.139. The number of carbonyl (C=O) groups excluding carboxylic acids is 5. The van der Waals surface area contributed by atoms with E-state index in [0.717, 1.165) is 50.5 Å². The van der Waals surface area contributed by atoms with Gasteiger partial charge >= 0.3 is 0 Å². The monoisotopic (exact) mass is 1040 g/mol. The Bertz CT molecular complexity index is 2700. The number of likely N-dealkylation sites (tertiary alicyclic amines) is 1. The molecule has 5 heterocycles. The lowest BCUT2D eigenvalue weighted by Crippen LogP contribution is -2.55. The first-order valence-corrected chi connectivity index (χ1v) is 26.7. The molecule has 1 saturated carbocycles. The Morgan fingerprint density at radius 3 is 2.47 bits per heavy atom. The number of halogens is 1. The molecule has 4 N–H and O–H groups in total. The molecule has 0 radical (unpaired) electrons. The van der Waals surface area contributed by atoms with Gasteiger partial charge < -0.3 is 45.4 Å². The summed E-state index contributed by atoms with van der Waals surface area (Å²) >= 11 is 8.88. The van der Waals surface area contributed by atoms with Gasteiger partial charge in [0.15, 0.2) is 5.13 Å². The molecule has 5 aromatic rings. The predicted octanol–water partition coefficient (Wildman–Crippen LogP) is 7.36. The quantitative estimate of drug-likeness (QED) is 0.0443. The maximum atomic E-state index is 14.2. The van der Waals surface area contributed by atoms with Gasteiger partial charge in [-0.25, -0.2) is 19.9 Å². The van der Waals surface area contributed by atoms with Gasteiger partial charge in [-0.1, -0.05) is 66.5 Å². The third-order valence-corrected chi connectivity index (χ3v) is 15.5. The normalized spacial score (nSPS) is 17.1. The largest absolute Gasteiger partial charge is 0.493 e. The number of hydrogen-bond acceptors (Lipinski definition) is 16. The van der Waals surface area contributed by atoms with Crippen molar-refractivity contribution in [1.29, 1.82) is 0 Å². The summed E-state index contributed by atoms with van der Waals surface area (Å²) in [5, 5.41) is 15.6. The number of para-hydroxylation sites is 1. The maximum Gasteiger partial charge on any atom is 0.267 e. The summed E-state index contributed by atoms with van der Waals surface area (Å²) in [4.78, 5) is 91.4.